The molecule has 1 aliphatic carbocycles. The van der Waals surface area contributed by atoms with Gasteiger partial charge in [-0.25, -0.2) is 17.6 Å². The maximum absolute atomic E-state index is 12.9. The molecule has 0 radical (unpaired) electrons. The summed E-state index contributed by atoms with van der Waals surface area (Å²) in [6.45, 7) is 1.94. The monoisotopic (exact) mass is 381 g/mol. The molecule has 1 aromatic carbocycles. The summed E-state index contributed by atoms with van der Waals surface area (Å²) in [4.78, 5) is 0.185. The summed E-state index contributed by atoms with van der Waals surface area (Å²) < 4.78 is 30.4. The second-order valence-corrected chi connectivity index (χ2v) is 9.07. The zero-order valence-electron chi connectivity index (χ0n) is 13.6. The normalized spacial score (nSPS) is 25.5. The zero-order chi connectivity index (χ0) is 17.7. The molecule has 0 spiro atoms. The van der Waals surface area contributed by atoms with E-state index in [1.807, 2.05) is 12.3 Å². The van der Waals surface area contributed by atoms with E-state index in [-0.39, 0.29) is 17.4 Å². The third-order valence-corrected chi connectivity index (χ3v) is 7.08. The van der Waals surface area contributed by atoms with Crippen LogP contribution in [-0.2, 0) is 10.0 Å². The molecule has 2 aromatic rings. The number of anilines is 1. The molecule has 1 saturated carbocycles. The molecule has 4 rings (SSSR count). The third-order valence-electron chi connectivity index (χ3n) is 4.72. The van der Waals surface area contributed by atoms with Gasteiger partial charge in [0.05, 0.1) is 22.3 Å². The van der Waals surface area contributed by atoms with Crippen LogP contribution in [0.25, 0.3) is 10.9 Å². The molecule has 0 amide bonds. The van der Waals surface area contributed by atoms with E-state index in [1.54, 1.807) is 28.9 Å². The molecule has 0 saturated heterocycles. The Morgan fingerprint density at radius 2 is 2.36 bits per heavy atom. The first-order valence-electron chi connectivity index (χ1n) is 7.93. The first-order valence-corrected chi connectivity index (χ1v) is 10.2. The van der Waals surface area contributed by atoms with Crippen molar-refractivity contribution >= 4 is 38.6 Å². The number of aromatic amines is 1. The molecule has 25 heavy (non-hydrogen) atoms. The number of fused-ring (bicyclic) bond motifs is 1. The molecule has 134 valence electrons. The first-order chi connectivity index (χ1) is 11.9. The number of rotatable bonds is 6. The van der Waals surface area contributed by atoms with Crippen LogP contribution in [0.5, 0.6) is 0 Å². The highest BCUT2D eigenvalue weighted by atomic mass is 32.2. The number of hydrazine groups is 1. The predicted molar refractivity (Wildman–Crippen MR) is 97.0 cm³/mol. The molecule has 0 bridgehead atoms. The van der Waals surface area contributed by atoms with Crippen molar-refractivity contribution in [2.24, 2.45) is 5.92 Å². The lowest BCUT2D eigenvalue weighted by Crippen LogP contribution is -2.36. The lowest BCUT2D eigenvalue weighted by Gasteiger charge is -2.19. The average molecular weight is 381 g/mol. The molecular formula is C15H19N5O3S2. The van der Waals surface area contributed by atoms with Crippen LogP contribution in [0.3, 0.4) is 0 Å². The minimum atomic E-state index is -3.69. The summed E-state index contributed by atoms with van der Waals surface area (Å²) >= 11 is 1.42. The largest absolute Gasteiger partial charge is 0.396 e. The van der Waals surface area contributed by atoms with E-state index >= 15 is 0 Å². The lowest BCUT2D eigenvalue weighted by molar-refractivity contribution is 0.274. The van der Waals surface area contributed by atoms with Crippen LogP contribution in [0.4, 0.5) is 5.69 Å². The molecule has 10 heteroatoms. The van der Waals surface area contributed by atoms with Crippen molar-refractivity contribution in [2.45, 2.75) is 30.2 Å². The molecule has 4 N–H and O–H groups in total. The number of aliphatic hydroxyl groups excluding tert-OH is 1. The summed E-state index contributed by atoms with van der Waals surface area (Å²) in [5, 5.41) is 18.6. The van der Waals surface area contributed by atoms with Crippen molar-refractivity contribution in [1.29, 1.82) is 0 Å². The number of aliphatic hydroxyl groups is 1. The molecule has 1 aliphatic heterocycles. The summed E-state index contributed by atoms with van der Waals surface area (Å²) in [6.07, 6.45) is 4.79. The van der Waals surface area contributed by atoms with Gasteiger partial charge in [0.1, 0.15) is 0 Å². The van der Waals surface area contributed by atoms with E-state index < -0.39 is 15.6 Å². The van der Waals surface area contributed by atoms with Gasteiger partial charge in [0, 0.05) is 41.1 Å². The fourth-order valence-corrected chi connectivity index (χ4v) is 5.35. The van der Waals surface area contributed by atoms with Crippen molar-refractivity contribution in [3.63, 3.8) is 0 Å². The molecule has 8 nitrogen and oxygen atoms in total. The SMILES string of the molecule is CC1(NS(=O)(=O)c2cc(N3NC=CS3)c3cn[nH]c3c2)CC1CCO. The highest BCUT2D eigenvalue weighted by Crippen LogP contribution is 2.46. The molecule has 1 aromatic heterocycles. The zero-order valence-corrected chi connectivity index (χ0v) is 15.2. The fraction of sp³-hybridized carbons (Fsp3) is 0.400. The Labute approximate surface area is 149 Å². The molecule has 2 unspecified atom stereocenters. The molecule has 2 heterocycles. The topological polar surface area (TPSA) is 110 Å². The maximum Gasteiger partial charge on any atom is 0.241 e. The van der Waals surface area contributed by atoms with Gasteiger partial charge in [0.25, 0.3) is 0 Å². The van der Waals surface area contributed by atoms with Crippen LogP contribution in [0.15, 0.2) is 34.8 Å². The van der Waals surface area contributed by atoms with Gasteiger partial charge >= 0.3 is 0 Å². The Kier molecular flexibility index (Phi) is 3.95. The minimum absolute atomic E-state index is 0.0666. The number of hydrogen-bond donors (Lipinski definition) is 4. The molecular weight excluding hydrogens is 362 g/mol. The van der Waals surface area contributed by atoms with Crippen LogP contribution in [-0.4, -0.2) is 35.9 Å². The van der Waals surface area contributed by atoms with E-state index in [2.05, 4.69) is 20.3 Å². The van der Waals surface area contributed by atoms with Gasteiger partial charge in [-0.05, 0) is 37.8 Å². The number of sulfonamides is 1. The predicted octanol–water partition coefficient (Wildman–Crippen LogP) is 1.45. The van der Waals surface area contributed by atoms with Crippen LogP contribution in [0, 0.1) is 5.92 Å². The first kappa shape index (κ1) is 16.7. The van der Waals surface area contributed by atoms with Crippen molar-refractivity contribution in [2.75, 3.05) is 11.0 Å². The highest BCUT2D eigenvalue weighted by Gasteiger charge is 2.51. The standard InChI is InChI=1S/C15H19N5O3S2/c1-15(8-10(15)2-4-21)19-25(22,23)11-6-13-12(9-16-18-13)14(7-11)20-17-3-5-24-20/h3,5-7,9-10,17,19,21H,2,4,8H2,1H3,(H,16,18). The summed E-state index contributed by atoms with van der Waals surface area (Å²) in [7, 11) is -3.69. The number of hydrogen-bond acceptors (Lipinski definition) is 7. The molecule has 2 aliphatic rings. The lowest BCUT2D eigenvalue weighted by atomic mass is 10.2. The Bertz CT molecular complexity index is 934. The Morgan fingerprint density at radius 3 is 3.08 bits per heavy atom. The van der Waals surface area contributed by atoms with Crippen molar-refractivity contribution in [1.82, 2.24) is 20.3 Å². The van der Waals surface area contributed by atoms with Gasteiger partial charge in [-0.2, -0.15) is 5.10 Å². The van der Waals surface area contributed by atoms with E-state index in [0.29, 0.717) is 11.9 Å². The smallest absolute Gasteiger partial charge is 0.241 e. The van der Waals surface area contributed by atoms with Gasteiger partial charge in [-0.15, -0.1) is 0 Å². The maximum atomic E-state index is 12.9. The van der Waals surface area contributed by atoms with Gasteiger partial charge in [0.15, 0.2) is 0 Å². The summed E-state index contributed by atoms with van der Waals surface area (Å²) in [5.41, 5.74) is 3.93. The molecule has 2 atom stereocenters. The highest BCUT2D eigenvalue weighted by molar-refractivity contribution is 8.03. The number of aromatic nitrogens is 2. The van der Waals surface area contributed by atoms with Gasteiger partial charge < -0.3 is 5.11 Å². The third kappa shape index (κ3) is 2.99. The minimum Gasteiger partial charge on any atom is -0.396 e. The van der Waals surface area contributed by atoms with E-state index in [1.165, 1.54) is 11.9 Å². The average Bonchev–Trinajstić information content (AvgIpc) is 3.02. The van der Waals surface area contributed by atoms with Crippen LogP contribution in [0.2, 0.25) is 0 Å². The number of benzene rings is 1. The van der Waals surface area contributed by atoms with Crippen LogP contribution in [0.1, 0.15) is 19.8 Å². The second-order valence-electron chi connectivity index (χ2n) is 6.54. The van der Waals surface area contributed by atoms with Crippen molar-refractivity contribution in [3.05, 3.63) is 29.9 Å². The Morgan fingerprint density at radius 1 is 1.52 bits per heavy atom. The van der Waals surface area contributed by atoms with Crippen molar-refractivity contribution in [3.8, 4) is 0 Å². The van der Waals surface area contributed by atoms with E-state index in [4.69, 9.17) is 5.11 Å². The van der Waals surface area contributed by atoms with Crippen LogP contribution < -0.4 is 14.6 Å². The Balaban J connectivity index is 1.69. The van der Waals surface area contributed by atoms with Gasteiger partial charge in [-0.3, -0.25) is 10.5 Å². The van der Waals surface area contributed by atoms with Gasteiger partial charge in [-0.1, -0.05) is 0 Å². The van der Waals surface area contributed by atoms with Crippen molar-refractivity contribution < 1.29 is 13.5 Å². The van der Waals surface area contributed by atoms with E-state index in [0.717, 1.165) is 17.5 Å². The summed E-state index contributed by atoms with van der Waals surface area (Å²) in [6, 6.07) is 3.23. The second kappa shape index (κ2) is 5.90. The fourth-order valence-electron chi connectivity index (χ4n) is 3.20. The number of nitrogens with one attached hydrogen (secondary N) is 3. The van der Waals surface area contributed by atoms with Crippen LogP contribution >= 0.6 is 11.9 Å². The quantitative estimate of drug-likeness (QED) is 0.561. The molecule has 1 fully saturated rings. The van der Waals surface area contributed by atoms with Gasteiger partial charge in [0.2, 0.25) is 10.0 Å². The van der Waals surface area contributed by atoms with E-state index in [9.17, 15) is 8.42 Å². The summed E-state index contributed by atoms with van der Waals surface area (Å²) in [5.74, 6) is 0.169. The number of nitrogens with zero attached hydrogens (tertiary/aromatic N) is 2. The Hall–Kier alpha value is -1.75. The number of H-pyrrole nitrogens is 1.